The molecule has 1 aromatic rings. The quantitative estimate of drug-likeness (QED) is 0.647. The van der Waals surface area contributed by atoms with Crippen molar-refractivity contribution in [2.75, 3.05) is 17.8 Å². The second kappa shape index (κ2) is 7.22. The molecule has 2 rings (SSSR count). The van der Waals surface area contributed by atoms with Crippen molar-refractivity contribution in [3.63, 3.8) is 0 Å². The molecule has 1 aliphatic rings. The zero-order chi connectivity index (χ0) is 17.2. The number of rotatable bonds is 4. The lowest BCUT2D eigenvalue weighted by atomic mass is 9.72. The van der Waals surface area contributed by atoms with Gasteiger partial charge in [0.1, 0.15) is 10.9 Å². The summed E-state index contributed by atoms with van der Waals surface area (Å²) >= 11 is 7.07. The Kier molecular flexibility index (Phi) is 5.74. The van der Waals surface area contributed by atoms with Gasteiger partial charge < -0.3 is 10.1 Å². The van der Waals surface area contributed by atoms with E-state index in [1.807, 2.05) is 0 Å². The number of thiophene rings is 1. The van der Waals surface area contributed by atoms with Gasteiger partial charge in [-0.2, -0.15) is 0 Å². The number of amides is 1. The van der Waals surface area contributed by atoms with Crippen LogP contribution in [-0.4, -0.2) is 24.4 Å². The fourth-order valence-corrected chi connectivity index (χ4v) is 4.39. The first-order chi connectivity index (χ1) is 10.8. The van der Waals surface area contributed by atoms with Gasteiger partial charge in [-0.05, 0) is 43.1 Å². The molecular weight excluding hydrogens is 334 g/mol. The Bertz CT molecular complexity index is 604. The molecule has 23 heavy (non-hydrogen) atoms. The first-order valence-corrected chi connectivity index (χ1v) is 9.30. The Balaban J connectivity index is 2.38. The molecular formula is C17H24ClNO3S. The van der Waals surface area contributed by atoms with Gasteiger partial charge in [0.2, 0.25) is 5.91 Å². The predicted octanol–water partition coefficient (Wildman–Crippen LogP) is 4.25. The van der Waals surface area contributed by atoms with E-state index in [9.17, 15) is 9.59 Å². The monoisotopic (exact) mass is 357 g/mol. The van der Waals surface area contributed by atoms with Gasteiger partial charge in [-0.3, -0.25) is 4.79 Å². The van der Waals surface area contributed by atoms with Gasteiger partial charge in [-0.25, -0.2) is 4.79 Å². The molecule has 0 radical (unpaired) electrons. The lowest BCUT2D eigenvalue weighted by Crippen LogP contribution is -2.26. The third-order valence-electron chi connectivity index (χ3n) is 4.34. The fraction of sp³-hybridized carbons (Fsp3) is 0.647. The standard InChI is InChI=1S/C17H24ClNO3S/c1-5-22-16(21)14-11-7-6-10(17(2,3)4)8-12(11)23-15(14)19-13(20)9-18/h10H,5-9H2,1-4H3,(H,19,20)/t10-/m0/s1. The molecule has 0 saturated carbocycles. The molecule has 0 bridgehead atoms. The van der Waals surface area contributed by atoms with Gasteiger partial charge in [-0.1, -0.05) is 20.8 Å². The third-order valence-corrected chi connectivity index (χ3v) is 5.76. The zero-order valence-electron chi connectivity index (χ0n) is 14.1. The molecule has 1 atom stereocenters. The van der Waals surface area contributed by atoms with Crippen LogP contribution in [0.4, 0.5) is 5.00 Å². The van der Waals surface area contributed by atoms with Crippen molar-refractivity contribution in [3.05, 3.63) is 16.0 Å². The van der Waals surface area contributed by atoms with Crippen molar-refractivity contribution in [1.29, 1.82) is 0 Å². The Morgan fingerprint density at radius 3 is 2.65 bits per heavy atom. The largest absolute Gasteiger partial charge is 0.462 e. The highest BCUT2D eigenvalue weighted by Gasteiger charge is 2.34. The van der Waals surface area contributed by atoms with E-state index < -0.39 is 0 Å². The van der Waals surface area contributed by atoms with Crippen LogP contribution in [0.3, 0.4) is 0 Å². The van der Waals surface area contributed by atoms with Crippen LogP contribution in [-0.2, 0) is 22.4 Å². The molecule has 1 N–H and O–H groups in total. The Morgan fingerprint density at radius 1 is 1.39 bits per heavy atom. The minimum Gasteiger partial charge on any atom is -0.462 e. The first-order valence-electron chi connectivity index (χ1n) is 7.95. The fourth-order valence-electron chi connectivity index (χ4n) is 2.99. The SMILES string of the molecule is CCOC(=O)c1c(NC(=O)CCl)sc2c1CC[C@H](C(C)(C)C)C2. The molecule has 0 unspecified atom stereocenters. The van der Waals surface area contributed by atoms with Crippen molar-refractivity contribution in [3.8, 4) is 0 Å². The van der Waals surface area contributed by atoms with E-state index in [4.69, 9.17) is 16.3 Å². The van der Waals surface area contributed by atoms with E-state index in [0.29, 0.717) is 23.1 Å². The summed E-state index contributed by atoms with van der Waals surface area (Å²) in [5.74, 6) is -0.220. The number of fused-ring (bicyclic) bond motifs is 1. The summed E-state index contributed by atoms with van der Waals surface area (Å²) in [4.78, 5) is 25.2. The molecule has 4 nitrogen and oxygen atoms in total. The molecule has 1 aliphatic carbocycles. The number of halogens is 1. The van der Waals surface area contributed by atoms with Crippen LogP contribution < -0.4 is 5.32 Å². The molecule has 0 fully saturated rings. The minimum absolute atomic E-state index is 0.130. The van der Waals surface area contributed by atoms with Crippen molar-refractivity contribution in [1.82, 2.24) is 0 Å². The number of nitrogens with one attached hydrogen (secondary N) is 1. The summed E-state index contributed by atoms with van der Waals surface area (Å²) in [6.07, 6.45) is 2.83. The Labute approximate surface area is 146 Å². The topological polar surface area (TPSA) is 55.4 Å². The molecule has 0 spiro atoms. The molecule has 0 aromatic carbocycles. The number of carbonyl (C=O) groups excluding carboxylic acids is 2. The van der Waals surface area contributed by atoms with E-state index in [0.717, 1.165) is 24.8 Å². The van der Waals surface area contributed by atoms with Gasteiger partial charge in [0.05, 0.1) is 12.2 Å². The van der Waals surface area contributed by atoms with E-state index in [1.54, 1.807) is 6.92 Å². The maximum Gasteiger partial charge on any atom is 0.341 e. The normalized spacial score (nSPS) is 17.5. The lowest BCUT2D eigenvalue weighted by molar-refractivity contribution is -0.113. The van der Waals surface area contributed by atoms with E-state index >= 15 is 0 Å². The number of anilines is 1. The number of carbonyl (C=O) groups is 2. The molecule has 1 amide bonds. The summed E-state index contributed by atoms with van der Waals surface area (Å²) in [5, 5.41) is 3.33. The third kappa shape index (κ3) is 4.07. The average Bonchev–Trinajstić information content (AvgIpc) is 2.83. The Morgan fingerprint density at radius 2 is 2.09 bits per heavy atom. The molecule has 1 heterocycles. The van der Waals surface area contributed by atoms with E-state index in [-0.39, 0.29) is 23.2 Å². The summed E-state index contributed by atoms with van der Waals surface area (Å²) < 4.78 is 5.19. The van der Waals surface area contributed by atoms with E-state index in [2.05, 4.69) is 26.1 Å². The lowest BCUT2D eigenvalue weighted by Gasteiger charge is -2.33. The number of hydrogen-bond donors (Lipinski definition) is 1. The molecule has 6 heteroatoms. The van der Waals surface area contributed by atoms with Crippen LogP contribution in [0.1, 0.15) is 54.9 Å². The molecule has 1 aromatic heterocycles. The van der Waals surface area contributed by atoms with Crippen LogP contribution in [0, 0.1) is 11.3 Å². The van der Waals surface area contributed by atoms with Gasteiger partial charge in [-0.15, -0.1) is 22.9 Å². The highest BCUT2D eigenvalue weighted by molar-refractivity contribution is 7.17. The summed E-state index contributed by atoms with van der Waals surface area (Å²) in [6.45, 7) is 8.84. The molecule has 0 saturated heterocycles. The summed E-state index contributed by atoms with van der Waals surface area (Å²) in [5.41, 5.74) is 1.79. The van der Waals surface area contributed by atoms with Crippen LogP contribution in [0.2, 0.25) is 0 Å². The van der Waals surface area contributed by atoms with Crippen LogP contribution in [0.25, 0.3) is 0 Å². The highest BCUT2D eigenvalue weighted by Crippen LogP contribution is 2.44. The van der Waals surface area contributed by atoms with Crippen LogP contribution in [0.5, 0.6) is 0 Å². The minimum atomic E-state index is -0.357. The van der Waals surface area contributed by atoms with Gasteiger partial charge in [0, 0.05) is 4.88 Å². The van der Waals surface area contributed by atoms with Gasteiger partial charge in [0.25, 0.3) is 0 Å². The van der Waals surface area contributed by atoms with Crippen molar-refractivity contribution < 1.29 is 14.3 Å². The molecule has 128 valence electrons. The second-order valence-electron chi connectivity index (χ2n) is 6.92. The second-order valence-corrected chi connectivity index (χ2v) is 8.29. The van der Waals surface area contributed by atoms with Crippen LogP contribution >= 0.6 is 22.9 Å². The van der Waals surface area contributed by atoms with E-state index in [1.165, 1.54) is 16.2 Å². The highest BCUT2D eigenvalue weighted by atomic mass is 35.5. The number of alkyl halides is 1. The predicted molar refractivity (Wildman–Crippen MR) is 94.6 cm³/mol. The smallest absolute Gasteiger partial charge is 0.341 e. The summed E-state index contributed by atoms with van der Waals surface area (Å²) in [7, 11) is 0. The zero-order valence-corrected chi connectivity index (χ0v) is 15.7. The number of ether oxygens (including phenoxy) is 1. The first kappa shape index (κ1) is 18.3. The van der Waals surface area contributed by atoms with Gasteiger partial charge >= 0.3 is 5.97 Å². The summed E-state index contributed by atoms with van der Waals surface area (Å²) in [6, 6.07) is 0. The number of esters is 1. The number of hydrogen-bond acceptors (Lipinski definition) is 4. The van der Waals surface area contributed by atoms with Crippen molar-refractivity contribution in [2.24, 2.45) is 11.3 Å². The van der Waals surface area contributed by atoms with Crippen molar-refractivity contribution >= 4 is 39.8 Å². The molecule has 0 aliphatic heterocycles. The maximum absolute atomic E-state index is 12.3. The Hall–Kier alpha value is -1.07. The van der Waals surface area contributed by atoms with Gasteiger partial charge in [0.15, 0.2) is 0 Å². The van der Waals surface area contributed by atoms with Crippen LogP contribution in [0.15, 0.2) is 0 Å². The maximum atomic E-state index is 12.3. The average molecular weight is 358 g/mol. The van der Waals surface area contributed by atoms with Crippen molar-refractivity contribution in [2.45, 2.75) is 47.0 Å².